The van der Waals surface area contributed by atoms with Crippen molar-refractivity contribution in [1.29, 1.82) is 0 Å². The van der Waals surface area contributed by atoms with Crippen LogP contribution in [0.2, 0.25) is 0 Å². The number of benzene rings is 2. The summed E-state index contributed by atoms with van der Waals surface area (Å²) in [5, 5.41) is 12.7. The van der Waals surface area contributed by atoms with Crippen LogP contribution in [-0.2, 0) is 6.54 Å². The average Bonchev–Trinajstić information content (AvgIpc) is 2.41. The minimum absolute atomic E-state index is 0.151. The molecular weight excluding hydrogens is 327 g/mol. The maximum Gasteiger partial charge on any atom is 0.251 e. The number of hydrogen-bond donors (Lipinski definition) is 3. The first-order valence-electron chi connectivity index (χ1n) is 5.78. The fourth-order valence-electron chi connectivity index (χ4n) is 1.72. The van der Waals surface area contributed by atoms with E-state index >= 15 is 0 Å². The summed E-state index contributed by atoms with van der Waals surface area (Å²) in [5.74, 6) is -1.33. The van der Waals surface area contributed by atoms with Gasteiger partial charge in [-0.3, -0.25) is 4.79 Å². The third-order valence-electron chi connectivity index (χ3n) is 2.76. The molecule has 6 heteroatoms. The van der Waals surface area contributed by atoms with Crippen molar-refractivity contribution < 1.29 is 14.3 Å². The molecule has 0 fully saturated rings. The Morgan fingerprint density at radius 2 is 2.05 bits per heavy atom. The normalized spacial score (nSPS) is 10.3. The van der Waals surface area contributed by atoms with E-state index in [1.807, 2.05) is 0 Å². The molecule has 0 spiro atoms. The van der Waals surface area contributed by atoms with Crippen LogP contribution in [0.4, 0.5) is 10.1 Å². The Labute approximate surface area is 123 Å². The minimum Gasteiger partial charge on any atom is -0.508 e. The van der Waals surface area contributed by atoms with Crippen molar-refractivity contribution in [2.24, 2.45) is 5.73 Å². The minimum atomic E-state index is -0.823. The highest BCUT2D eigenvalue weighted by atomic mass is 79.9. The van der Waals surface area contributed by atoms with Gasteiger partial charge >= 0.3 is 0 Å². The van der Waals surface area contributed by atoms with Crippen LogP contribution in [0.15, 0.2) is 40.9 Å². The van der Waals surface area contributed by atoms with Crippen LogP contribution in [0, 0.1) is 5.82 Å². The molecule has 2 aromatic rings. The Morgan fingerprint density at radius 3 is 2.75 bits per heavy atom. The molecule has 0 unspecified atom stereocenters. The van der Waals surface area contributed by atoms with Crippen LogP contribution in [0.5, 0.6) is 5.75 Å². The van der Waals surface area contributed by atoms with Gasteiger partial charge in [-0.1, -0.05) is 15.9 Å². The molecule has 4 nitrogen and oxygen atoms in total. The van der Waals surface area contributed by atoms with Gasteiger partial charge in [0.25, 0.3) is 5.91 Å². The van der Waals surface area contributed by atoms with Crippen LogP contribution in [-0.4, -0.2) is 11.0 Å². The number of phenols is 1. The number of halogens is 2. The fraction of sp³-hybridized carbons (Fsp3) is 0.0714. The lowest BCUT2D eigenvalue weighted by Gasteiger charge is -2.10. The molecule has 0 aliphatic carbocycles. The molecule has 0 aliphatic rings. The third kappa shape index (κ3) is 3.27. The second kappa shape index (κ2) is 5.92. The van der Waals surface area contributed by atoms with Gasteiger partial charge in [0.1, 0.15) is 11.6 Å². The third-order valence-corrected chi connectivity index (χ3v) is 3.25. The number of hydrogen-bond acceptors (Lipinski definition) is 3. The number of primary amides is 1. The van der Waals surface area contributed by atoms with E-state index < -0.39 is 11.7 Å². The summed E-state index contributed by atoms with van der Waals surface area (Å²) in [5.41, 5.74) is 6.12. The van der Waals surface area contributed by atoms with E-state index in [-0.39, 0.29) is 11.3 Å². The molecule has 0 heterocycles. The summed E-state index contributed by atoms with van der Waals surface area (Å²) in [7, 11) is 0. The van der Waals surface area contributed by atoms with Crippen LogP contribution in [0.3, 0.4) is 0 Å². The molecule has 2 aromatic carbocycles. The number of aromatic hydroxyl groups is 1. The second-order valence-electron chi connectivity index (χ2n) is 4.19. The number of phenolic OH excluding ortho intramolecular Hbond substituents is 1. The highest BCUT2D eigenvalue weighted by molar-refractivity contribution is 9.10. The lowest BCUT2D eigenvalue weighted by Crippen LogP contribution is -2.13. The smallest absolute Gasteiger partial charge is 0.251 e. The van der Waals surface area contributed by atoms with Crippen molar-refractivity contribution in [1.82, 2.24) is 0 Å². The predicted molar refractivity (Wildman–Crippen MR) is 78.1 cm³/mol. The Kier molecular flexibility index (Phi) is 4.24. The molecule has 0 radical (unpaired) electrons. The first-order chi connectivity index (χ1) is 9.47. The summed E-state index contributed by atoms with van der Waals surface area (Å²) in [6, 6.07) is 9.07. The van der Waals surface area contributed by atoms with Gasteiger partial charge in [-0.05, 0) is 36.4 Å². The van der Waals surface area contributed by atoms with E-state index in [0.717, 1.165) is 4.47 Å². The zero-order valence-electron chi connectivity index (χ0n) is 10.4. The maximum absolute atomic E-state index is 13.3. The van der Waals surface area contributed by atoms with Crippen molar-refractivity contribution in [3.8, 4) is 5.75 Å². The van der Waals surface area contributed by atoms with Crippen LogP contribution in [0.25, 0.3) is 0 Å². The number of nitrogens with two attached hydrogens (primary N) is 1. The molecule has 0 aromatic heterocycles. The van der Waals surface area contributed by atoms with Gasteiger partial charge in [0.15, 0.2) is 0 Å². The molecule has 4 N–H and O–H groups in total. The monoisotopic (exact) mass is 338 g/mol. The standard InChI is InChI=1S/C14H12BrFN2O2/c15-9-1-4-13(19)8(5-9)7-18-10-2-3-12(16)11(6-10)14(17)20/h1-6,18-19H,7H2,(H2,17,20). The van der Waals surface area contributed by atoms with Gasteiger partial charge in [-0.25, -0.2) is 4.39 Å². The summed E-state index contributed by atoms with van der Waals surface area (Å²) in [4.78, 5) is 11.1. The Hall–Kier alpha value is -2.08. The number of carbonyl (C=O) groups excluding carboxylic acids is 1. The van der Waals surface area contributed by atoms with Gasteiger partial charge in [0, 0.05) is 22.3 Å². The average molecular weight is 339 g/mol. The molecule has 0 bridgehead atoms. The highest BCUT2D eigenvalue weighted by Gasteiger charge is 2.09. The van der Waals surface area contributed by atoms with E-state index in [2.05, 4.69) is 21.2 Å². The molecule has 104 valence electrons. The number of carbonyl (C=O) groups is 1. The molecule has 0 saturated heterocycles. The van der Waals surface area contributed by atoms with Crippen molar-refractivity contribution in [3.05, 3.63) is 57.8 Å². The van der Waals surface area contributed by atoms with E-state index in [4.69, 9.17) is 5.73 Å². The fourth-order valence-corrected chi connectivity index (χ4v) is 2.13. The summed E-state index contributed by atoms with van der Waals surface area (Å²) in [6.45, 7) is 0.328. The lowest BCUT2D eigenvalue weighted by molar-refractivity contribution is 0.0996. The first kappa shape index (κ1) is 14.3. The predicted octanol–water partition coefficient (Wildman–Crippen LogP) is 3.00. The van der Waals surface area contributed by atoms with E-state index in [9.17, 15) is 14.3 Å². The van der Waals surface area contributed by atoms with Gasteiger partial charge in [-0.15, -0.1) is 0 Å². The zero-order valence-corrected chi connectivity index (χ0v) is 11.9. The van der Waals surface area contributed by atoms with Crippen LogP contribution < -0.4 is 11.1 Å². The Bertz CT molecular complexity index is 662. The molecule has 20 heavy (non-hydrogen) atoms. The molecule has 2 rings (SSSR count). The van der Waals surface area contributed by atoms with E-state index in [1.54, 1.807) is 18.2 Å². The number of anilines is 1. The molecule has 1 amide bonds. The Morgan fingerprint density at radius 1 is 1.30 bits per heavy atom. The van der Waals surface area contributed by atoms with Crippen molar-refractivity contribution in [2.75, 3.05) is 5.32 Å². The molecule has 0 saturated carbocycles. The van der Waals surface area contributed by atoms with Gasteiger partial charge in [0.2, 0.25) is 0 Å². The lowest BCUT2D eigenvalue weighted by atomic mass is 10.1. The molecule has 0 atom stereocenters. The van der Waals surface area contributed by atoms with Crippen LogP contribution >= 0.6 is 15.9 Å². The number of rotatable bonds is 4. The summed E-state index contributed by atoms with van der Waals surface area (Å²) < 4.78 is 14.2. The topological polar surface area (TPSA) is 75.4 Å². The first-order valence-corrected chi connectivity index (χ1v) is 6.57. The van der Waals surface area contributed by atoms with Crippen molar-refractivity contribution in [2.45, 2.75) is 6.54 Å². The molecule has 0 aliphatic heterocycles. The highest BCUT2D eigenvalue weighted by Crippen LogP contribution is 2.23. The van der Waals surface area contributed by atoms with E-state index in [1.165, 1.54) is 18.2 Å². The van der Waals surface area contributed by atoms with Crippen molar-refractivity contribution in [3.63, 3.8) is 0 Å². The van der Waals surface area contributed by atoms with Crippen molar-refractivity contribution >= 4 is 27.5 Å². The molecular formula is C14H12BrFN2O2. The Balaban J connectivity index is 2.17. The second-order valence-corrected chi connectivity index (χ2v) is 5.10. The summed E-state index contributed by atoms with van der Waals surface area (Å²) >= 11 is 3.31. The largest absolute Gasteiger partial charge is 0.508 e. The number of amides is 1. The number of nitrogens with one attached hydrogen (secondary N) is 1. The van der Waals surface area contributed by atoms with Crippen LogP contribution in [0.1, 0.15) is 15.9 Å². The van der Waals surface area contributed by atoms with E-state index in [0.29, 0.717) is 17.8 Å². The van der Waals surface area contributed by atoms with Gasteiger partial charge < -0.3 is 16.2 Å². The van der Waals surface area contributed by atoms with Gasteiger partial charge in [0.05, 0.1) is 5.56 Å². The van der Waals surface area contributed by atoms with Gasteiger partial charge in [-0.2, -0.15) is 0 Å². The zero-order chi connectivity index (χ0) is 14.7. The SMILES string of the molecule is NC(=O)c1cc(NCc2cc(Br)ccc2O)ccc1F. The summed E-state index contributed by atoms with van der Waals surface area (Å²) in [6.07, 6.45) is 0. The maximum atomic E-state index is 13.3. The quantitative estimate of drug-likeness (QED) is 0.802.